The monoisotopic (exact) mass is 180 g/mol. The predicted molar refractivity (Wildman–Crippen MR) is 48.6 cm³/mol. The summed E-state index contributed by atoms with van der Waals surface area (Å²) in [5.74, 6) is -0.458. The van der Waals surface area contributed by atoms with Crippen molar-refractivity contribution in [3.05, 3.63) is 24.9 Å². The van der Waals surface area contributed by atoms with Crippen molar-refractivity contribution in [3.8, 4) is 0 Å². The van der Waals surface area contributed by atoms with Gasteiger partial charge in [-0.05, 0) is 18.7 Å². The first-order valence-corrected chi connectivity index (χ1v) is 4.11. The molecule has 1 aliphatic rings. The first-order chi connectivity index (χ1) is 6.24. The second-order valence-corrected chi connectivity index (χ2v) is 2.77. The predicted octanol–water partition coefficient (Wildman–Crippen LogP) is 0.0809. The maximum absolute atomic E-state index is 11.1. The quantitative estimate of drug-likeness (QED) is 0.477. The van der Waals surface area contributed by atoms with Gasteiger partial charge in [-0.25, -0.2) is 0 Å². The molecule has 70 valence electrons. The van der Waals surface area contributed by atoms with E-state index in [0.29, 0.717) is 12.8 Å². The van der Waals surface area contributed by atoms with Crippen molar-refractivity contribution in [2.75, 3.05) is 0 Å². The first kappa shape index (κ1) is 9.51. The summed E-state index contributed by atoms with van der Waals surface area (Å²) in [7, 11) is 0. The second kappa shape index (κ2) is 4.45. The molecule has 2 N–H and O–H groups in total. The van der Waals surface area contributed by atoms with E-state index in [4.69, 9.17) is 0 Å². The molecule has 0 radical (unpaired) electrons. The molecular formula is C9H12N2O2. The van der Waals surface area contributed by atoms with Crippen LogP contribution in [0.2, 0.25) is 0 Å². The molecule has 1 saturated heterocycles. The molecule has 2 amide bonds. The third-order valence-corrected chi connectivity index (χ3v) is 1.77. The number of carbonyl (C=O) groups excluding carboxylic acids is 2. The number of carbonyl (C=O) groups is 2. The van der Waals surface area contributed by atoms with E-state index in [1.807, 2.05) is 0 Å². The minimum atomic E-state index is -0.297. The first-order valence-electron chi connectivity index (χ1n) is 4.11. The highest BCUT2D eigenvalue weighted by molar-refractivity contribution is 6.00. The van der Waals surface area contributed by atoms with Gasteiger partial charge in [0, 0.05) is 6.42 Å². The zero-order chi connectivity index (χ0) is 9.68. The Morgan fingerprint density at radius 3 is 2.92 bits per heavy atom. The highest BCUT2D eigenvalue weighted by Crippen LogP contribution is 2.03. The maximum Gasteiger partial charge on any atom is 0.249 e. The van der Waals surface area contributed by atoms with Crippen LogP contribution in [-0.4, -0.2) is 17.9 Å². The lowest BCUT2D eigenvalue weighted by molar-refractivity contribution is -0.134. The van der Waals surface area contributed by atoms with Crippen molar-refractivity contribution in [3.63, 3.8) is 0 Å². The van der Waals surface area contributed by atoms with E-state index in [1.54, 1.807) is 18.4 Å². The Labute approximate surface area is 76.7 Å². The van der Waals surface area contributed by atoms with Crippen molar-refractivity contribution in [2.24, 2.45) is 0 Å². The van der Waals surface area contributed by atoms with Crippen LogP contribution in [0.3, 0.4) is 0 Å². The van der Waals surface area contributed by atoms with Gasteiger partial charge < -0.3 is 5.32 Å². The van der Waals surface area contributed by atoms with Gasteiger partial charge in [-0.15, -0.1) is 0 Å². The van der Waals surface area contributed by atoms with Crippen LogP contribution in [0.25, 0.3) is 0 Å². The largest absolute Gasteiger partial charge is 0.380 e. The molecular weight excluding hydrogens is 168 g/mol. The smallest absolute Gasteiger partial charge is 0.249 e. The number of imide groups is 1. The second-order valence-electron chi connectivity index (χ2n) is 2.77. The molecule has 1 heterocycles. The van der Waals surface area contributed by atoms with Gasteiger partial charge in [-0.2, -0.15) is 0 Å². The summed E-state index contributed by atoms with van der Waals surface area (Å²) in [5.41, 5.74) is 0. The van der Waals surface area contributed by atoms with E-state index >= 15 is 0 Å². The molecule has 1 unspecified atom stereocenters. The fraction of sp³-hybridized carbons (Fsp3) is 0.333. The minimum Gasteiger partial charge on any atom is -0.380 e. The normalized spacial score (nSPS) is 22.9. The van der Waals surface area contributed by atoms with Gasteiger partial charge in [-0.1, -0.05) is 12.7 Å². The highest BCUT2D eigenvalue weighted by Gasteiger charge is 2.24. The van der Waals surface area contributed by atoms with Crippen molar-refractivity contribution < 1.29 is 9.59 Å². The lowest BCUT2D eigenvalue weighted by Gasteiger charge is -2.20. The molecule has 1 atom stereocenters. The molecule has 1 aliphatic heterocycles. The van der Waals surface area contributed by atoms with Gasteiger partial charge in [0.25, 0.3) is 0 Å². The van der Waals surface area contributed by atoms with E-state index in [1.165, 1.54) is 0 Å². The Hall–Kier alpha value is -1.58. The van der Waals surface area contributed by atoms with Gasteiger partial charge in [-0.3, -0.25) is 14.9 Å². The number of amides is 2. The number of nitrogens with one attached hydrogen (secondary N) is 2. The summed E-state index contributed by atoms with van der Waals surface area (Å²) in [6.07, 6.45) is 5.90. The van der Waals surface area contributed by atoms with Crippen LogP contribution in [0.15, 0.2) is 24.9 Å². The Morgan fingerprint density at radius 2 is 2.31 bits per heavy atom. The average Bonchev–Trinajstić information content (AvgIpc) is 2.09. The topological polar surface area (TPSA) is 58.2 Å². The van der Waals surface area contributed by atoms with E-state index in [-0.39, 0.29) is 17.9 Å². The van der Waals surface area contributed by atoms with Crippen LogP contribution in [0.5, 0.6) is 0 Å². The molecule has 4 heteroatoms. The summed E-state index contributed by atoms with van der Waals surface area (Å²) in [6.45, 7) is 3.49. The Kier molecular flexibility index (Phi) is 3.25. The Morgan fingerprint density at radius 1 is 1.54 bits per heavy atom. The Bertz CT molecular complexity index is 258. The van der Waals surface area contributed by atoms with Crippen molar-refractivity contribution in [1.82, 2.24) is 10.6 Å². The molecule has 0 spiro atoms. The molecule has 0 aromatic carbocycles. The molecule has 0 aliphatic carbocycles. The van der Waals surface area contributed by atoms with Gasteiger partial charge in [0.1, 0.15) is 6.04 Å². The lowest BCUT2D eigenvalue weighted by Crippen LogP contribution is -2.49. The molecule has 1 rings (SSSR count). The minimum absolute atomic E-state index is 0.198. The zero-order valence-electron chi connectivity index (χ0n) is 7.25. The van der Waals surface area contributed by atoms with Crippen LogP contribution >= 0.6 is 0 Å². The van der Waals surface area contributed by atoms with E-state index < -0.39 is 0 Å². The number of piperidine rings is 1. The summed E-state index contributed by atoms with van der Waals surface area (Å²) in [4.78, 5) is 21.9. The van der Waals surface area contributed by atoms with E-state index in [9.17, 15) is 9.59 Å². The van der Waals surface area contributed by atoms with Crippen LogP contribution in [0.4, 0.5) is 0 Å². The fourth-order valence-corrected chi connectivity index (χ4v) is 1.09. The molecule has 4 nitrogen and oxygen atoms in total. The third kappa shape index (κ3) is 2.74. The molecule has 1 fully saturated rings. The summed E-state index contributed by atoms with van der Waals surface area (Å²) in [6, 6.07) is -0.297. The number of rotatable bonds is 3. The molecule has 0 aromatic rings. The average molecular weight is 180 g/mol. The van der Waals surface area contributed by atoms with Crippen molar-refractivity contribution in [2.45, 2.75) is 18.9 Å². The SMILES string of the molecule is C=C/C=C/NC1CCC(=O)NC1=O. The fourth-order valence-electron chi connectivity index (χ4n) is 1.09. The van der Waals surface area contributed by atoms with Crippen molar-refractivity contribution >= 4 is 11.8 Å². The van der Waals surface area contributed by atoms with Crippen LogP contribution in [-0.2, 0) is 9.59 Å². The van der Waals surface area contributed by atoms with Gasteiger partial charge in [0.2, 0.25) is 11.8 Å². The molecule has 0 saturated carbocycles. The summed E-state index contributed by atoms with van der Waals surface area (Å²) >= 11 is 0. The standard InChI is InChI=1S/C9H12N2O2/c1-2-3-6-10-7-4-5-8(12)11-9(7)13/h2-3,6-7,10H,1,4-5H2,(H,11,12,13)/b6-3+. The van der Waals surface area contributed by atoms with Crippen LogP contribution in [0.1, 0.15) is 12.8 Å². The zero-order valence-corrected chi connectivity index (χ0v) is 7.25. The van der Waals surface area contributed by atoms with Gasteiger partial charge in [0.15, 0.2) is 0 Å². The van der Waals surface area contributed by atoms with Crippen LogP contribution in [0, 0.1) is 0 Å². The summed E-state index contributed by atoms with van der Waals surface area (Å²) in [5, 5.41) is 5.13. The summed E-state index contributed by atoms with van der Waals surface area (Å²) < 4.78 is 0. The van der Waals surface area contributed by atoms with E-state index in [2.05, 4.69) is 17.2 Å². The van der Waals surface area contributed by atoms with Gasteiger partial charge in [0.05, 0.1) is 0 Å². The third-order valence-electron chi connectivity index (χ3n) is 1.77. The number of hydrogen-bond donors (Lipinski definition) is 2. The van der Waals surface area contributed by atoms with Gasteiger partial charge >= 0.3 is 0 Å². The molecule has 0 bridgehead atoms. The highest BCUT2D eigenvalue weighted by atomic mass is 16.2. The van der Waals surface area contributed by atoms with E-state index in [0.717, 1.165) is 0 Å². The Balaban J connectivity index is 2.42. The number of allylic oxidation sites excluding steroid dienone is 2. The number of hydrogen-bond acceptors (Lipinski definition) is 3. The van der Waals surface area contributed by atoms with Crippen LogP contribution < -0.4 is 10.6 Å². The lowest BCUT2D eigenvalue weighted by atomic mass is 10.1. The van der Waals surface area contributed by atoms with Crippen molar-refractivity contribution in [1.29, 1.82) is 0 Å². The molecule has 0 aromatic heterocycles. The maximum atomic E-state index is 11.1. The molecule has 13 heavy (non-hydrogen) atoms.